The van der Waals surface area contributed by atoms with E-state index in [-0.39, 0.29) is 5.75 Å². The van der Waals surface area contributed by atoms with Crippen molar-refractivity contribution in [3.8, 4) is 0 Å². The highest BCUT2D eigenvalue weighted by molar-refractivity contribution is 7.89. The van der Waals surface area contributed by atoms with Gasteiger partial charge in [-0.2, -0.15) is 0 Å². The van der Waals surface area contributed by atoms with Gasteiger partial charge in [0.25, 0.3) is 0 Å². The predicted molar refractivity (Wildman–Crippen MR) is 116 cm³/mol. The lowest BCUT2D eigenvalue weighted by Gasteiger charge is -2.09. The number of benzene rings is 2. The summed E-state index contributed by atoms with van der Waals surface area (Å²) in [4.78, 5) is 5.47. The van der Waals surface area contributed by atoms with Gasteiger partial charge in [-0.1, -0.05) is 36.4 Å². The van der Waals surface area contributed by atoms with E-state index in [2.05, 4.69) is 41.0 Å². The Kier molecular flexibility index (Phi) is 6.88. The number of aromatic amines is 1. The maximum Gasteiger partial charge on any atom is 0.211 e. The standard InChI is InChI=1S/C22H29N3O2S/c1-25(2)14-11-20-17-23-22-9-8-19(16-21(20)22)12-15-28(26,27)24-13-10-18-6-4-3-5-7-18/h3-9,16-17,23-24H,10-15H2,1-2H3. The number of hydrogen-bond acceptors (Lipinski definition) is 3. The summed E-state index contributed by atoms with van der Waals surface area (Å²) >= 11 is 0. The molecular formula is C22H29N3O2S. The normalized spacial score (nSPS) is 12.1. The molecule has 3 aromatic rings. The van der Waals surface area contributed by atoms with Crippen LogP contribution in [-0.4, -0.2) is 51.2 Å². The Morgan fingerprint density at radius 3 is 2.50 bits per heavy atom. The van der Waals surface area contributed by atoms with Gasteiger partial charge in [-0.15, -0.1) is 0 Å². The number of nitrogens with one attached hydrogen (secondary N) is 2. The first-order chi connectivity index (χ1) is 13.4. The van der Waals surface area contributed by atoms with Gasteiger partial charge in [-0.25, -0.2) is 13.1 Å². The Hall–Kier alpha value is -2.15. The molecule has 0 spiro atoms. The molecule has 28 heavy (non-hydrogen) atoms. The molecule has 0 saturated carbocycles. The van der Waals surface area contributed by atoms with Gasteiger partial charge in [0, 0.05) is 30.2 Å². The van der Waals surface area contributed by atoms with Crippen molar-refractivity contribution in [3.05, 3.63) is 71.4 Å². The lowest BCUT2D eigenvalue weighted by molar-refractivity contribution is 0.414. The number of rotatable bonds is 10. The number of H-pyrrole nitrogens is 1. The van der Waals surface area contributed by atoms with E-state index in [1.54, 1.807) is 0 Å². The predicted octanol–water partition coefficient (Wildman–Crippen LogP) is 2.98. The van der Waals surface area contributed by atoms with Gasteiger partial charge in [-0.3, -0.25) is 0 Å². The second-order valence-corrected chi connectivity index (χ2v) is 9.37. The zero-order chi connectivity index (χ0) is 20.0. The summed E-state index contributed by atoms with van der Waals surface area (Å²) in [6, 6.07) is 16.1. The molecule has 0 saturated heterocycles. The van der Waals surface area contributed by atoms with E-state index < -0.39 is 10.0 Å². The third kappa shape index (κ3) is 5.92. The van der Waals surface area contributed by atoms with Crippen LogP contribution in [0, 0.1) is 0 Å². The van der Waals surface area contributed by atoms with Crippen LogP contribution in [0.25, 0.3) is 10.9 Å². The lowest BCUT2D eigenvalue weighted by Crippen LogP contribution is -2.29. The molecule has 0 amide bonds. The molecule has 2 aromatic carbocycles. The molecule has 0 fully saturated rings. The molecule has 0 radical (unpaired) electrons. The van der Waals surface area contributed by atoms with E-state index in [0.29, 0.717) is 19.4 Å². The van der Waals surface area contributed by atoms with Crippen LogP contribution in [0.3, 0.4) is 0 Å². The van der Waals surface area contributed by atoms with Gasteiger partial charge < -0.3 is 9.88 Å². The van der Waals surface area contributed by atoms with Crippen molar-refractivity contribution in [2.75, 3.05) is 32.9 Å². The summed E-state index contributed by atoms with van der Waals surface area (Å²) in [6.45, 7) is 1.41. The fourth-order valence-corrected chi connectivity index (χ4v) is 4.31. The topological polar surface area (TPSA) is 65.2 Å². The molecule has 2 N–H and O–H groups in total. The van der Waals surface area contributed by atoms with Crippen LogP contribution in [0.1, 0.15) is 16.7 Å². The molecule has 0 aliphatic rings. The van der Waals surface area contributed by atoms with Crippen molar-refractivity contribution in [3.63, 3.8) is 0 Å². The summed E-state index contributed by atoms with van der Waals surface area (Å²) in [5.41, 5.74) is 4.55. The number of fused-ring (bicyclic) bond motifs is 1. The summed E-state index contributed by atoms with van der Waals surface area (Å²) in [7, 11) is 0.845. The number of hydrogen-bond donors (Lipinski definition) is 2. The smallest absolute Gasteiger partial charge is 0.211 e. The maximum absolute atomic E-state index is 12.3. The summed E-state index contributed by atoms with van der Waals surface area (Å²) in [5, 5.41) is 1.19. The highest BCUT2D eigenvalue weighted by Gasteiger charge is 2.11. The molecule has 5 nitrogen and oxygen atoms in total. The zero-order valence-corrected chi connectivity index (χ0v) is 17.4. The summed E-state index contributed by atoms with van der Waals surface area (Å²) in [5.74, 6) is 0.102. The first-order valence-corrected chi connectivity index (χ1v) is 11.3. The minimum absolute atomic E-state index is 0.102. The minimum Gasteiger partial charge on any atom is -0.361 e. The third-order valence-corrected chi connectivity index (χ3v) is 6.28. The van der Waals surface area contributed by atoms with Crippen LogP contribution < -0.4 is 4.72 Å². The Bertz CT molecular complexity index is 995. The van der Waals surface area contributed by atoms with E-state index >= 15 is 0 Å². The fraction of sp³-hybridized carbons (Fsp3) is 0.364. The average Bonchev–Trinajstić information content (AvgIpc) is 3.08. The average molecular weight is 400 g/mol. The Labute approximate surface area is 167 Å². The minimum atomic E-state index is -3.29. The molecule has 150 valence electrons. The molecule has 6 heteroatoms. The number of aryl methyl sites for hydroxylation is 1. The molecular weight excluding hydrogens is 370 g/mol. The molecule has 0 aliphatic heterocycles. The van der Waals surface area contributed by atoms with Gasteiger partial charge in [0.2, 0.25) is 10.0 Å². The number of sulfonamides is 1. The SMILES string of the molecule is CN(C)CCc1c[nH]c2ccc(CCS(=O)(=O)NCCc3ccccc3)cc12. The molecule has 3 rings (SSSR count). The first-order valence-electron chi connectivity index (χ1n) is 9.68. The number of likely N-dealkylation sites (N-methyl/N-ethyl adjacent to an activating group) is 1. The molecule has 0 aliphatic carbocycles. The number of nitrogens with zero attached hydrogens (tertiary/aromatic N) is 1. The van der Waals surface area contributed by atoms with Gasteiger partial charge in [0.05, 0.1) is 5.75 Å². The van der Waals surface area contributed by atoms with Crippen LogP contribution in [0.15, 0.2) is 54.7 Å². The van der Waals surface area contributed by atoms with Crippen molar-refractivity contribution in [2.24, 2.45) is 0 Å². The molecule has 0 bridgehead atoms. The van der Waals surface area contributed by atoms with Crippen LogP contribution in [0.4, 0.5) is 0 Å². The van der Waals surface area contributed by atoms with Crippen LogP contribution >= 0.6 is 0 Å². The Morgan fingerprint density at radius 2 is 1.75 bits per heavy atom. The largest absolute Gasteiger partial charge is 0.361 e. The van der Waals surface area contributed by atoms with Gasteiger partial charge in [0.15, 0.2) is 0 Å². The Balaban J connectivity index is 1.56. The van der Waals surface area contributed by atoms with Crippen molar-refractivity contribution >= 4 is 20.9 Å². The monoisotopic (exact) mass is 399 g/mol. The van der Waals surface area contributed by atoms with Crippen molar-refractivity contribution < 1.29 is 8.42 Å². The zero-order valence-electron chi connectivity index (χ0n) is 16.6. The highest BCUT2D eigenvalue weighted by atomic mass is 32.2. The first kappa shape index (κ1) is 20.6. The van der Waals surface area contributed by atoms with Gasteiger partial charge in [-0.05, 0) is 62.2 Å². The van der Waals surface area contributed by atoms with Crippen LogP contribution in [-0.2, 0) is 29.3 Å². The van der Waals surface area contributed by atoms with Crippen LogP contribution in [0.2, 0.25) is 0 Å². The van der Waals surface area contributed by atoms with Crippen molar-refractivity contribution in [1.29, 1.82) is 0 Å². The molecule has 0 unspecified atom stereocenters. The van der Waals surface area contributed by atoms with E-state index in [1.807, 2.05) is 42.5 Å². The van der Waals surface area contributed by atoms with Gasteiger partial charge in [0.1, 0.15) is 0 Å². The fourth-order valence-electron chi connectivity index (χ4n) is 3.25. The maximum atomic E-state index is 12.3. The quantitative estimate of drug-likeness (QED) is 0.551. The lowest BCUT2D eigenvalue weighted by atomic mass is 10.1. The van der Waals surface area contributed by atoms with E-state index in [1.165, 1.54) is 10.9 Å². The summed E-state index contributed by atoms with van der Waals surface area (Å²) in [6.07, 6.45) is 4.23. The Morgan fingerprint density at radius 1 is 0.964 bits per heavy atom. The summed E-state index contributed by atoms with van der Waals surface area (Å²) < 4.78 is 27.4. The third-order valence-electron chi connectivity index (χ3n) is 4.90. The number of aromatic nitrogens is 1. The second kappa shape index (κ2) is 9.37. The van der Waals surface area contributed by atoms with Crippen molar-refractivity contribution in [2.45, 2.75) is 19.3 Å². The second-order valence-electron chi connectivity index (χ2n) is 7.45. The highest BCUT2D eigenvalue weighted by Crippen LogP contribution is 2.21. The van der Waals surface area contributed by atoms with Gasteiger partial charge >= 0.3 is 0 Å². The molecule has 0 atom stereocenters. The molecule has 1 heterocycles. The van der Waals surface area contributed by atoms with E-state index in [9.17, 15) is 8.42 Å². The van der Waals surface area contributed by atoms with E-state index in [0.717, 1.165) is 29.6 Å². The van der Waals surface area contributed by atoms with Crippen LogP contribution in [0.5, 0.6) is 0 Å². The van der Waals surface area contributed by atoms with Crippen molar-refractivity contribution in [1.82, 2.24) is 14.6 Å². The molecule has 1 aromatic heterocycles. The van der Waals surface area contributed by atoms with E-state index in [4.69, 9.17) is 0 Å².